The molecule has 0 saturated carbocycles. The second kappa shape index (κ2) is 4.81. The van der Waals surface area contributed by atoms with Crippen LogP contribution in [-0.2, 0) is 9.59 Å². The van der Waals surface area contributed by atoms with Crippen molar-refractivity contribution in [1.82, 2.24) is 5.32 Å². The molecule has 1 spiro atoms. The lowest BCUT2D eigenvalue weighted by molar-refractivity contribution is -0.134. The van der Waals surface area contributed by atoms with E-state index in [4.69, 9.17) is 5.73 Å². The third kappa shape index (κ3) is 2.24. The predicted molar refractivity (Wildman–Crippen MR) is 77.1 cm³/mol. The number of nitrogens with one attached hydrogen (secondary N) is 1. The third-order valence-electron chi connectivity index (χ3n) is 4.38. The van der Waals surface area contributed by atoms with E-state index in [1.807, 2.05) is 24.3 Å². The zero-order valence-electron chi connectivity index (χ0n) is 11.4. The van der Waals surface area contributed by atoms with Crippen LogP contribution in [-0.4, -0.2) is 24.9 Å². The molecule has 1 unspecified atom stereocenters. The molecule has 3 rings (SSSR count). The first kappa shape index (κ1) is 13.0. The standard InChI is InChI=1S/C15H19N3O2/c16-11-3-1-4-12(9-11)18-8-7-15(10-18)6-2-5-13(19)17-14(15)20/h1,3-4,9H,2,5-8,10,16H2,(H,17,19,20). The molecule has 3 N–H and O–H groups in total. The van der Waals surface area contributed by atoms with E-state index in [0.29, 0.717) is 13.0 Å². The Kier molecular flexibility index (Phi) is 3.12. The number of imide groups is 1. The largest absolute Gasteiger partial charge is 0.399 e. The Morgan fingerprint density at radius 1 is 1.25 bits per heavy atom. The minimum atomic E-state index is -0.420. The average Bonchev–Trinajstić information content (AvgIpc) is 2.78. The van der Waals surface area contributed by atoms with Gasteiger partial charge in [0.25, 0.3) is 0 Å². The van der Waals surface area contributed by atoms with E-state index in [9.17, 15) is 9.59 Å². The fourth-order valence-electron chi connectivity index (χ4n) is 3.23. The van der Waals surface area contributed by atoms with Crippen LogP contribution >= 0.6 is 0 Å². The van der Waals surface area contributed by atoms with Crippen LogP contribution in [0.25, 0.3) is 0 Å². The third-order valence-corrected chi connectivity index (χ3v) is 4.38. The van der Waals surface area contributed by atoms with Gasteiger partial charge in [-0.05, 0) is 37.5 Å². The molecule has 2 aliphatic heterocycles. The van der Waals surface area contributed by atoms with Gasteiger partial charge in [0.2, 0.25) is 11.8 Å². The summed E-state index contributed by atoms with van der Waals surface area (Å²) in [5.41, 5.74) is 7.17. The number of hydrogen-bond donors (Lipinski definition) is 2. The lowest BCUT2D eigenvalue weighted by atomic mass is 9.82. The van der Waals surface area contributed by atoms with Crippen molar-refractivity contribution in [2.75, 3.05) is 23.7 Å². The molecule has 5 heteroatoms. The quantitative estimate of drug-likeness (QED) is 0.597. The second-order valence-corrected chi connectivity index (χ2v) is 5.78. The van der Waals surface area contributed by atoms with Crippen LogP contribution in [0.4, 0.5) is 11.4 Å². The summed E-state index contributed by atoms with van der Waals surface area (Å²) in [5, 5.41) is 2.53. The first-order chi connectivity index (χ1) is 9.59. The summed E-state index contributed by atoms with van der Waals surface area (Å²) < 4.78 is 0. The van der Waals surface area contributed by atoms with Crippen LogP contribution in [0.15, 0.2) is 24.3 Å². The normalized spacial score (nSPS) is 26.7. The summed E-state index contributed by atoms with van der Waals surface area (Å²) >= 11 is 0. The van der Waals surface area contributed by atoms with Crippen molar-refractivity contribution in [2.24, 2.45) is 5.41 Å². The van der Waals surface area contributed by atoms with Crippen molar-refractivity contribution in [3.8, 4) is 0 Å². The number of carbonyl (C=O) groups excluding carboxylic acids is 2. The molecule has 0 radical (unpaired) electrons. The molecule has 0 aromatic heterocycles. The van der Waals surface area contributed by atoms with Gasteiger partial charge >= 0.3 is 0 Å². The summed E-state index contributed by atoms with van der Waals surface area (Å²) in [7, 11) is 0. The summed E-state index contributed by atoms with van der Waals surface area (Å²) in [6, 6.07) is 7.71. The molecule has 2 saturated heterocycles. The van der Waals surface area contributed by atoms with Crippen molar-refractivity contribution in [3.63, 3.8) is 0 Å². The average molecular weight is 273 g/mol. The Morgan fingerprint density at radius 2 is 2.10 bits per heavy atom. The number of benzene rings is 1. The minimum Gasteiger partial charge on any atom is -0.399 e. The van der Waals surface area contributed by atoms with E-state index in [2.05, 4.69) is 10.2 Å². The lowest BCUT2D eigenvalue weighted by Gasteiger charge is -2.26. The molecule has 0 bridgehead atoms. The fraction of sp³-hybridized carbons (Fsp3) is 0.467. The summed E-state index contributed by atoms with van der Waals surface area (Å²) in [5.74, 6) is -0.249. The molecule has 20 heavy (non-hydrogen) atoms. The second-order valence-electron chi connectivity index (χ2n) is 5.78. The number of nitrogen functional groups attached to an aromatic ring is 1. The summed E-state index contributed by atoms with van der Waals surface area (Å²) in [4.78, 5) is 26.0. The van der Waals surface area contributed by atoms with E-state index >= 15 is 0 Å². The highest BCUT2D eigenvalue weighted by Crippen LogP contribution is 2.39. The molecule has 1 aromatic carbocycles. The van der Waals surface area contributed by atoms with Crippen molar-refractivity contribution in [1.29, 1.82) is 0 Å². The van der Waals surface area contributed by atoms with Crippen molar-refractivity contribution >= 4 is 23.2 Å². The van der Waals surface area contributed by atoms with E-state index < -0.39 is 5.41 Å². The lowest BCUT2D eigenvalue weighted by Crippen LogP contribution is -2.43. The number of nitrogens with zero attached hydrogens (tertiary/aromatic N) is 1. The molecule has 1 atom stereocenters. The molecule has 1 aromatic rings. The molecule has 2 amide bonds. The number of rotatable bonds is 1. The number of hydrogen-bond acceptors (Lipinski definition) is 4. The Labute approximate surface area is 118 Å². The molecular formula is C15H19N3O2. The van der Waals surface area contributed by atoms with Crippen molar-refractivity contribution in [3.05, 3.63) is 24.3 Å². The van der Waals surface area contributed by atoms with Crippen molar-refractivity contribution < 1.29 is 9.59 Å². The van der Waals surface area contributed by atoms with Gasteiger partial charge in [-0.15, -0.1) is 0 Å². The maximum absolute atomic E-state index is 12.3. The van der Waals surface area contributed by atoms with Crippen LogP contribution in [0, 0.1) is 5.41 Å². The minimum absolute atomic E-state index is 0.105. The smallest absolute Gasteiger partial charge is 0.234 e. The predicted octanol–water partition coefficient (Wildman–Crippen LogP) is 1.29. The topological polar surface area (TPSA) is 75.4 Å². The Hall–Kier alpha value is -2.04. The molecule has 106 valence electrons. The SMILES string of the molecule is Nc1cccc(N2CCC3(CCCC(=O)NC3=O)C2)c1. The summed E-state index contributed by atoms with van der Waals surface area (Å²) in [6.45, 7) is 1.49. The first-order valence-corrected chi connectivity index (χ1v) is 7.04. The van der Waals surface area contributed by atoms with Gasteiger partial charge in [0.15, 0.2) is 0 Å². The van der Waals surface area contributed by atoms with E-state index in [0.717, 1.165) is 37.2 Å². The van der Waals surface area contributed by atoms with E-state index in [1.165, 1.54) is 0 Å². The van der Waals surface area contributed by atoms with Crippen LogP contribution < -0.4 is 16.0 Å². The first-order valence-electron chi connectivity index (χ1n) is 7.04. The number of anilines is 2. The Balaban J connectivity index is 1.81. The molecule has 2 fully saturated rings. The van der Waals surface area contributed by atoms with Gasteiger partial charge < -0.3 is 10.6 Å². The maximum atomic E-state index is 12.3. The Bertz CT molecular complexity index is 558. The van der Waals surface area contributed by atoms with Gasteiger partial charge in [0.05, 0.1) is 5.41 Å². The van der Waals surface area contributed by atoms with Crippen LogP contribution in [0.1, 0.15) is 25.7 Å². The molecular weight excluding hydrogens is 254 g/mol. The van der Waals surface area contributed by atoms with Crippen molar-refractivity contribution in [2.45, 2.75) is 25.7 Å². The highest BCUT2D eigenvalue weighted by atomic mass is 16.2. The molecule has 5 nitrogen and oxygen atoms in total. The van der Waals surface area contributed by atoms with Crippen LogP contribution in [0.2, 0.25) is 0 Å². The van der Waals surface area contributed by atoms with Gasteiger partial charge in [-0.1, -0.05) is 6.07 Å². The maximum Gasteiger partial charge on any atom is 0.234 e. The number of amides is 2. The van der Waals surface area contributed by atoms with E-state index in [1.54, 1.807) is 0 Å². The molecule has 0 aliphatic carbocycles. The van der Waals surface area contributed by atoms with Gasteiger partial charge in [-0.2, -0.15) is 0 Å². The zero-order chi connectivity index (χ0) is 14.2. The highest BCUT2D eigenvalue weighted by molar-refractivity contribution is 5.99. The number of carbonyl (C=O) groups is 2. The van der Waals surface area contributed by atoms with Crippen LogP contribution in [0.3, 0.4) is 0 Å². The van der Waals surface area contributed by atoms with Gasteiger partial charge in [0.1, 0.15) is 0 Å². The van der Waals surface area contributed by atoms with Gasteiger partial charge in [0, 0.05) is 30.9 Å². The van der Waals surface area contributed by atoms with Gasteiger partial charge in [-0.3, -0.25) is 14.9 Å². The van der Waals surface area contributed by atoms with E-state index in [-0.39, 0.29) is 11.8 Å². The van der Waals surface area contributed by atoms with Gasteiger partial charge in [-0.25, -0.2) is 0 Å². The fourth-order valence-corrected chi connectivity index (χ4v) is 3.23. The Morgan fingerprint density at radius 3 is 2.90 bits per heavy atom. The monoisotopic (exact) mass is 273 g/mol. The number of nitrogens with two attached hydrogens (primary N) is 1. The van der Waals surface area contributed by atoms with Crippen LogP contribution in [0.5, 0.6) is 0 Å². The zero-order valence-corrected chi connectivity index (χ0v) is 11.4. The molecule has 2 heterocycles. The molecule has 2 aliphatic rings. The summed E-state index contributed by atoms with van der Waals surface area (Å²) in [6.07, 6.45) is 2.80. The highest BCUT2D eigenvalue weighted by Gasteiger charge is 2.46.